The molecule has 0 unspecified atom stereocenters. The summed E-state index contributed by atoms with van der Waals surface area (Å²) in [5.74, 6) is 0.844. The van der Waals surface area contributed by atoms with Gasteiger partial charge in [0.2, 0.25) is 5.52 Å². The van der Waals surface area contributed by atoms with E-state index in [2.05, 4.69) is 71.6 Å². The maximum atomic E-state index is 4.43. The molecule has 126 valence electrons. The van der Waals surface area contributed by atoms with Crippen LogP contribution >= 0.6 is 11.8 Å². The summed E-state index contributed by atoms with van der Waals surface area (Å²) >= 11 is 1.87. The Balaban J connectivity index is 1.77. The molecule has 25 heavy (non-hydrogen) atoms. The van der Waals surface area contributed by atoms with Crippen LogP contribution in [-0.4, -0.2) is 14.9 Å². The van der Waals surface area contributed by atoms with Gasteiger partial charge in [-0.25, -0.2) is 4.98 Å². The lowest BCUT2D eigenvalue weighted by Gasteiger charge is -2.17. The van der Waals surface area contributed by atoms with Crippen LogP contribution in [0.25, 0.3) is 21.8 Å². The van der Waals surface area contributed by atoms with Crippen LogP contribution in [-0.2, 0) is 0 Å². The number of benzene rings is 2. The van der Waals surface area contributed by atoms with Gasteiger partial charge in [-0.15, -0.1) is 11.8 Å². The summed E-state index contributed by atoms with van der Waals surface area (Å²) in [6.07, 6.45) is 1.95. The fourth-order valence-electron chi connectivity index (χ4n) is 2.89. The number of para-hydroxylation sites is 1. The molecule has 4 aromatic rings. The number of pyridine rings is 1. The van der Waals surface area contributed by atoms with Gasteiger partial charge in [0.05, 0.1) is 16.6 Å². The molecule has 0 atom stereocenters. The molecule has 0 spiro atoms. The number of nitrogens with one attached hydrogen (secondary N) is 3. The van der Waals surface area contributed by atoms with E-state index in [4.69, 9.17) is 0 Å². The maximum Gasteiger partial charge on any atom is 0.212 e. The average Bonchev–Trinajstić information content (AvgIpc) is 2.97. The quantitative estimate of drug-likeness (QED) is 0.502. The number of nitrogens with zero attached hydrogens (tertiary/aromatic N) is 1. The molecular formula is C20H21N4S+. The zero-order valence-electron chi connectivity index (χ0n) is 14.6. The Bertz CT molecular complexity index is 1050. The highest BCUT2D eigenvalue weighted by atomic mass is 32.2. The molecule has 0 bridgehead atoms. The van der Waals surface area contributed by atoms with E-state index in [1.165, 1.54) is 4.90 Å². The zero-order valence-corrected chi connectivity index (χ0v) is 15.4. The number of thioether (sulfide) groups is 1. The monoisotopic (exact) mass is 349 g/mol. The smallest absolute Gasteiger partial charge is 0.212 e. The van der Waals surface area contributed by atoms with E-state index in [1.54, 1.807) is 0 Å². The molecule has 0 radical (unpaired) electrons. The number of aromatic amines is 2. The van der Waals surface area contributed by atoms with E-state index in [-0.39, 0.29) is 4.75 Å². The fourth-order valence-corrected chi connectivity index (χ4v) is 3.91. The van der Waals surface area contributed by atoms with Crippen LogP contribution < -0.4 is 10.3 Å². The first-order valence-electron chi connectivity index (χ1n) is 8.33. The van der Waals surface area contributed by atoms with Crippen LogP contribution in [0.1, 0.15) is 20.8 Å². The highest BCUT2D eigenvalue weighted by Gasteiger charge is 2.15. The van der Waals surface area contributed by atoms with Gasteiger partial charge < -0.3 is 5.32 Å². The summed E-state index contributed by atoms with van der Waals surface area (Å²) in [6, 6.07) is 16.7. The van der Waals surface area contributed by atoms with Gasteiger partial charge in [-0.05, 0) is 24.3 Å². The number of anilines is 2. The van der Waals surface area contributed by atoms with E-state index in [0.29, 0.717) is 0 Å². The lowest BCUT2D eigenvalue weighted by atomic mass is 10.2. The number of hydrogen-bond donors (Lipinski definition) is 2. The minimum absolute atomic E-state index is 0.179. The van der Waals surface area contributed by atoms with Crippen LogP contribution in [0.2, 0.25) is 0 Å². The first-order chi connectivity index (χ1) is 12.0. The second-order valence-electron chi connectivity index (χ2n) is 7.06. The molecule has 2 aromatic heterocycles. The molecule has 5 heteroatoms. The summed E-state index contributed by atoms with van der Waals surface area (Å²) in [4.78, 5) is 4.58. The summed E-state index contributed by atoms with van der Waals surface area (Å²) < 4.78 is 0.179. The molecular weight excluding hydrogens is 328 g/mol. The van der Waals surface area contributed by atoms with Crippen molar-refractivity contribution in [1.82, 2.24) is 10.2 Å². The lowest BCUT2D eigenvalue weighted by Crippen LogP contribution is -2.07. The van der Waals surface area contributed by atoms with Crippen molar-refractivity contribution in [2.75, 3.05) is 5.32 Å². The molecule has 3 N–H and O–H groups in total. The summed E-state index contributed by atoms with van der Waals surface area (Å²) in [5.41, 5.74) is 3.17. The van der Waals surface area contributed by atoms with Gasteiger partial charge in [0.15, 0.2) is 12.0 Å². The Kier molecular flexibility index (Phi) is 3.88. The average molecular weight is 349 g/mol. The topological polar surface area (TPSA) is 54.9 Å². The molecule has 0 amide bonds. The van der Waals surface area contributed by atoms with Gasteiger partial charge in [0.25, 0.3) is 0 Å². The van der Waals surface area contributed by atoms with Crippen LogP contribution in [0, 0.1) is 0 Å². The van der Waals surface area contributed by atoms with Gasteiger partial charge in [-0.2, -0.15) is 5.10 Å². The lowest BCUT2D eigenvalue weighted by molar-refractivity contribution is -0.344. The van der Waals surface area contributed by atoms with E-state index in [9.17, 15) is 0 Å². The van der Waals surface area contributed by atoms with E-state index >= 15 is 0 Å². The van der Waals surface area contributed by atoms with Gasteiger partial charge in [-0.3, -0.25) is 5.10 Å². The van der Waals surface area contributed by atoms with E-state index in [1.807, 2.05) is 36.2 Å². The minimum Gasteiger partial charge on any atom is -0.337 e. The predicted octanol–water partition coefficient (Wildman–Crippen LogP) is 5.16. The van der Waals surface area contributed by atoms with Crippen molar-refractivity contribution < 1.29 is 4.98 Å². The van der Waals surface area contributed by atoms with E-state index < -0.39 is 0 Å². The zero-order chi connectivity index (χ0) is 17.4. The Labute approximate surface area is 151 Å². The second-order valence-corrected chi connectivity index (χ2v) is 8.96. The normalized spacial score (nSPS) is 12.0. The molecule has 4 rings (SSSR count). The third kappa shape index (κ3) is 3.33. The molecule has 0 aliphatic rings. The van der Waals surface area contributed by atoms with Crippen molar-refractivity contribution in [2.24, 2.45) is 0 Å². The van der Waals surface area contributed by atoms with Gasteiger partial charge in [0, 0.05) is 27.2 Å². The number of hydrogen-bond acceptors (Lipinski definition) is 3. The van der Waals surface area contributed by atoms with Crippen LogP contribution in [0.3, 0.4) is 0 Å². The number of H-pyrrole nitrogens is 2. The van der Waals surface area contributed by atoms with Crippen molar-refractivity contribution in [3.63, 3.8) is 0 Å². The fraction of sp³-hybridized carbons (Fsp3) is 0.200. The summed E-state index contributed by atoms with van der Waals surface area (Å²) in [6.45, 7) is 6.69. The molecule has 4 nitrogen and oxygen atoms in total. The van der Waals surface area contributed by atoms with Crippen molar-refractivity contribution in [2.45, 2.75) is 30.4 Å². The predicted molar refractivity (Wildman–Crippen MR) is 105 cm³/mol. The first kappa shape index (κ1) is 16.0. The minimum atomic E-state index is 0.179. The van der Waals surface area contributed by atoms with E-state index in [0.717, 1.165) is 33.3 Å². The number of fused-ring (bicyclic) bond motifs is 2. The number of aromatic nitrogens is 3. The molecule has 0 fully saturated rings. The van der Waals surface area contributed by atoms with Crippen LogP contribution in [0.4, 0.5) is 11.5 Å². The molecule has 0 saturated carbocycles. The summed E-state index contributed by atoms with van der Waals surface area (Å²) in [7, 11) is 0. The van der Waals surface area contributed by atoms with Crippen molar-refractivity contribution in [3.8, 4) is 0 Å². The standard InChI is InChI=1S/C20H20N4S/c1-20(2,3)25-13-8-9-16-15(12-13)17(10-11-21-16)22-19-14-6-4-5-7-18(14)23-24-19/h4-12H,1-3H3,(H2,21,22,23,24)/p+1. The van der Waals surface area contributed by atoms with Crippen LogP contribution in [0.5, 0.6) is 0 Å². The van der Waals surface area contributed by atoms with Crippen molar-refractivity contribution >= 4 is 45.1 Å². The molecule has 0 aliphatic carbocycles. The SMILES string of the molecule is CC(C)(C)Sc1ccc2[nH+]ccc(Nc3n[nH]c4ccccc34)c2c1. The van der Waals surface area contributed by atoms with Crippen molar-refractivity contribution in [1.29, 1.82) is 0 Å². The van der Waals surface area contributed by atoms with Gasteiger partial charge in [-0.1, -0.05) is 32.9 Å². The first-order valence-corrected chi connectivity index (χ1v) is 9.15. The molecule has 0 saturated heterocycles. The van der Waals surface area contributed by atoms with Gasteiger partial charge >= 0.3 is 0 Å². The second kappa shape index (κ2) is 6.08. The summed E-state index contributed by atoms with van der Waals surface area (Å²) in [5, 5.41) is 13.2. The molecule has 0 aliphatic heterocycles. The Morgan fingerprint density at radius 3 is 2.72 bits per heavy atom. The number of rotatable bonds is 3. The largest absolute Gasteiger partial charge is 0.337 e. The molecule has 2 heterocycles. The highest BCUT2D eigenvalue weighted by Crippen LogP contribution is 2.35. The third-order valence-electron chi connectivity index (χ3n) is 3.92. The van der Waals surface area contributed by atoms with Gasteiger partial charge in [0.1, 0.15) is 0 Å². The highest BCUT2D eigenvalue weighted by molar-refractivity contribution is 8.00. The van der Waals surface area contributed by atoms with Crippen molar-refractivity contribution in [3.05, 3.63) is 54.7 Å². The Hall–Kier alpha value is -2.53. The Morgan fingerprint density at radius 1 is 1.04 bits per heavy atom. The maximum absolute atomic E-state index is 4.43. The third-order valence-corrected chi connectivity index (χ3v) is 5.02. The Morgan fingerprint density at radius 2 is 1.88 bits per heavy atom. The molecule has 2 aromatic carbocycles. The van der Waals surface area contributed by atoms with Crippen LogP contribution in [0.15, 0.2) is 59.6 Å².